The van der Waals surface area contributed by atoms with Crippen molar-refractivity contribution in [1.82, 2.24) is 5.32 Å². The zero-order valence-electron chi connectivity index (χ0n) is 8.33. The van der Waals surface area contributed by atoms with Crippen molar-refractivity contribution in [2.75, 3.05) is 38.3 Å². The number of halogens is 1. The van der Waals surface area contributed by atoms with E-state index in [0.717, 1.165) is 0 Å². The fourth-order valence-corrected chi connectivity index (χ4v) is 0.901. The van der Waals surface area contributed by atoms with E-state index in [0.29, 0.717) is 26.4 Å². The summed E-state index contributed by atoms with van der Waals surface area (Å²) in [5.41, 5.74) is 4.85. The SMILES string of the molecule is NC(=O)COCCOCCNC(=O)CBr. The summed E-state index contributed by atoms with van der Waals surface area (Å²) in [7, 11) is 0. The molecule has 0 radical (unpaired) electrons. The van der Waals surface area contributed by atoms with Gasteiger partial charge in [0.05, 0.1) is 25.2 Å². The van der Waals surface area contributed by atoms with Crippen molar-refractivity contribution < 1.29 is 19.1 Å². The van der Waals surface area contributed by atoms with E-state index in [1.165, 1.54) is 0 Å². The molecule has 0 fully saturated rings. The first-order valence-corrected chi connectivity index (χ1v) is 5.55. The van der Waals surface area contributed by atoms with E-state index >= 15 is 0 Å². The molecule has 6 nitrogen and oxygen atoms in total. The maximum Gasteiger partial charge on any atom is 0.243 e. The molecular weight excluding hydrogens is 268 g/mol. The molecule has 2 amide bonds. The van der Waals surface area contributed by atoms with Crippen LogP contribution in [0.4, 0.5) is 0 Å². The van der Waals surface area contributed by atoms with Crippen molar-refractivity contribution in [2.24, 2.45) is 5.73 Å². The van der Waals surface area contributed by atoms with Gasteiger partial charge in [-0.05, 0) is 0 Å². The fourth-order valence-electron chi connectivity index (χ4n) is 0.703. The molecule has 0 aromatic carbocycles. The Hall–Kier alpha value is -0.660. The Balaban J connectivity index is 3.05. The first kappa shape index (κ1) is 14.3. The highest BCUT2D eigenvalue weighted by molar-refractivity contribution is 9.09. The minimum Gasteiger partial charge on any atom is -0.377 e. The van der Waals surface area contributed by atoms with Crippen molar-refractivity contribution in [1.29, 1.82) is 0 Å². The number of carbonyl (C=O) groups excluding carboxylic acids is 2. The standard InChI is InChI=1S/C8H15BrN2O4/c9-5-8(13)11-1-2-14-3-4-15-6-7(10)12/h1-6H2,(H2,10,12)(H,11,13). The molecule has 15 heavy (non-hydrogen) atoms. The number of hydrogen-bond acceptors (Lipinski definition) is 4. The Morgan fingerprint density at radius 3 is 2.47 bits per heavy atom. The molecule has 0 unspecified atom stereocenters. The smallest absolute Gasteiger partial charge is 0.243 e. The maximum atomic E-state index is 10.7. The van der Waals surface area contributed by atoms with Gasteiger partial charge in [-0.1, -0.05) is 15.9 Å². The second-order valence-electron chi connectivity index (χ2n) is 2.61. The van der Waals surface area contributed by atoms with Crippen LogP contribution in [0.2, 0.25) is 0 Å². The van der Waals surface area contributed by atoms with Crippen molar-refractivity contribution in [3.05, 3.63) is 0 Å². The molecule has 0 rings (SSSR count). The van der Waals surface area contributed by atoms with Crippen molar-refractivity contribution in [2.45, 2.75) is 0 Å². The number of rotatable bonds is 9. The summed E-state index contributed by atoms with van der Waals surface area (Å²) in [5, 5.41) is 2.90. The minimum absolute atomic E-state index is 0.0800. The lowest BCUT2D eigenvalue weighted by Gasteiger charge is -2.05. The predicted molar refractivity (Wildman–Crippen MR) is 57.6 cm³/mol. The van der Waals surface area contributed by atoms with E-state index in [1.807, 2.05) is 0 Å². The summed E-state index contributed by atoms with van der Waals surface area (Å²) < 4.78 is 9.95. The number of nitrogens with one attached hydrogen (secondary N) is 1. The number of amides is 2. The molecule has 0 heterocycles. The molecular formula is C8H15BrN2O4. The van der Waals surface area contributed by atoms with E-state index in [1.54, 1.807) is 0 Å². The van der Waals surface area contributed by atoms with Gasteiger partial charge in [0.1, 0.15) is 6.61 Å². The van der Waals surface area contributed by atoms with Crippen LogP contribution >= 0.6 is 15.9 Å². The molecule has 0 aliphatic heterocycles. The Labute approximate surface area is 96.6 Å². The van der Waals surface area contributed by atoms with Crippen LogP contribution in [0.5, 0.6) is 0 Å². The third kappa shape index (κ3) is 11.3. The highest BCUT2D eigenvalue weighted by Gasteiger charge is 1.96. The minimum atomic E-state index is -0.500. The number of hydrogen-bond donors (Lipinski definition) is 2. The summed E-state index contributed by atoms with van der Waals surface area (Å²) in [6.45, 7) is 1.47. The van der Waals surface area contributed by atoms with Crippen LogP contribution in [0.1, 0.15) is 0 Å². The van der Waals surface area contributed by atoms with Gasteiger partial charge in [-0.15, -0.1) is 0 Å². The number of alkyl halides is 1. The normalized spacial score (nSPS) is 9.93. The second-order valence-corrected chi connectivity index (χ2v) is 3.18. The van der Waals surface area contributed by atoms with Crippen LogP contribution in [0, 0.1) is 0 Å². The van der Waals surface area contributed by atoms with Gasteiger partial charge in [0.15, 0.2) is 0 Å². The van der Waals surface area contributed by atoms with E-state index < -0.39 is 5.91 Å². The highest BCUT2D eigenvalue weighted by Crippen LogP contribution is 1.80. The summed E-state index contributed by atoms with van der Waals surface area (Å²) in [6.07, 6.45) is 0. The van der Waals surface area contributed by atoms with Gasteiger partial charge in [0.25, 0.3) is 0 Å². The molecule has 0 aliphatic rings. The molecule has 7 heteroatoms. The lowest BCUT2D eigenvalue weighted by molar-refractivity contribution is -0.123. The van der Waals surface area contributed by atoms with Gasteiger partial charge in [0.2, 0.25) is 11.8 Å². The predicted octanol–water partition coefficient (Wildman–Crippen LogP) is -0.984. The third-order valence-electron chi connectivity index (χ3n) is 1.31. The molecule has 88 valence electrons. The molecule has 0 aliphatic carbocycles. The van der Waals surface area contributed by atoms with Crippen molar-refractivity contribution >= 4 is 27.7 Å². The van der Waals surface area contributed by atoms with Gasteiger partial charge in [-0.2, -0.15) is 0 Å². The molecule has 0 saturated carbocycles. The van der Waals surface area contributed by atoms with Gasteiger partial charge >= 0.3 is 0 Å². The van der Waals surface area contributed by atoms with Crippen LogP contribution in [-0.4, -0.2) is 50.1 Å². The topological polar surface area (TPSA) is 90.7 Å². The van der Waals surface area contributed by atoms with Gasteiger partial charge in [-0.3, -0.25) is 9.59 Å². The summed E-state index contributed by atoms with van der Waals surface area (Å²) in [5.74, 6) is -0.580. The number of nitrogens with two attached hydrogens (primary N) is 1. The monoisotopic (exact) mass is 282 g/mol. The zero-order chi connectivity index (χ0) is 11.5. The van der Waals surface area contributed by atoms with Gasteiger partial charge < -0.3 is 20.5 Å². The highest BCUT2D eigenvalue weighted by atomic mass is 79.9. The first-order valence-electron chi connectivity index (χ1n) is 4.43. The summed E-state index contributed by atoms with van der Waals surface area (Å²) >= 11 is 3.02. The Morgan fingerprint density at radius 1 is 1.20 bits per heavy atom. The fraction of sp³-hybridized carbons (Fsp3) is 0.750. The number of ether oxygens (including phenoxy) is 2. The Bertz CT molecular complexity index is 201. The van der Waals surface area contributed by atoms with Crippen LogP contribution in [0.25, 0.3) is 0 Å². The number of carbonyl (C=O) groups is 2. The van der Waals surface area contributed by atoms with Crippen LogP contribution < -0.4 is 11.1 Å². The van der Waals surface area contributed by atoms with Crippen LogP contribution in [0.15, 0.2) is 0 Å². The van der Waals surface area contributed by atoms with E-state index in [9.17, 15) is 9.59 Å². The quantitative estimate of drug-likeness (QED) is 0.420. The summed E-state index contributed by atoms with van der Waals surface area (Å²) in [4.78, 5) is 21.0. The molecule has 0 saturated heterocycles. The molecule has 0 aromatic heterocycles. The van der Waals surface area contributed by atoms with Gasteiger partial charge in [0, 0.05) is 6.54 Å². The lowest BCUT2D eigenvalue weighted by Crippen LogP contribution is -2.28. The Morgan fingerprint density at radius 2 is 1.87 bits per heavy atom. The molecule has 0 atom stereocenters. The van der Waals surface area contributed by atoms with E-state index in [-0.39, 0.29) is 17.8 Å². The van der Waals surface area contributed by atoms with E-state index in [4.69, 9.17) is 15.2 Å². The number of primary amides is 1. The zero-order valence-corrected chi connectivity index (χ0v) is 9.92. The molecule has 3 N–H and O–H groups in total. The van der Waals surface area contributed by atoms with Crippen LogP contribution in [0.3, 0.4) is 0 Å². The van der Waals surface area contributed by atoms with Crippen LogP contribution in [-0.2, 0) is 19.1 Å². The third-order valence-corrected chi connectivity index (χ3v) is 1.82. The lowest BCUT2D eigenvalue weighted by atomic mass is 10.6. The average molecular weight is 283 g/mol. The molecule has 0 aromatic rings. The first-order chi connectivity index (χ1) is 7.16. The molecule has 0 spiro atoms. The van der Waals surface area contributed by atoms with Gasteiger partial charge in [-0.25, -0.2) is 0 Å². The second kappa shape index (κ2) is 9.88. The maximum absolute atomic E-state index is 10.7. The molecule has 0 bridgehead atoms. The summed E-state index contributed by atoms with van der Waals surface area (Å²) in [6, 6.07) is 0. The van der Waals surface area contributed by atoms with E-state index in [2.05, 4.69) is 21.2 Å². The largest absolute Gasteiger partial charge is 0.377 e. The van der Waals surface area contributed by atoms with Crippen molar-refractivity contribution in [3.63, 3.8) is 0 Å². The van der Waals surface area contributed by atoms with Crippen molar-refractivity contribution in [3.8, 4) is 0 Å². The average Bonchev–Trinajstić information content (AvgIpc) is 2.21. The Kier molecular flexibility index (Phi) is 9.44.